The average Bonchev–Trinajstić information content (AvgIpc) is 3.17. The molecule has 0 N–H and O–H groups in total. The number of fused-ring (bicyclic) bond motifs is 2. The Kier molecular flexibility index (Phi) is 3.20. The first kappa shape index (κ1) is 15.2. The maximum absolute atomic E-state index is 12.6. The molecule has 6 nitrogen and oxygen atoms in total. The SMILES string of the molecule is Cn1c(=O)n(CC(C)(C)C)c2ccc(-c3cnn4c3CCC4)nc21. The minimum atomic E-state index is -0.00944. The molecule has 0 saturated heterocycles. The lowest BCUT2D eigenvalue weighted by atomic mass is 9.97. The van der Waals surface area contributed by atoms with Crippen LogP contribution in [0.4, 0.5) is 0 Å². The summed E-state index contributed by atoms with van der Waals surface area (Å²) in [7, 11) is 1.79. The highest BCUT2D eigenvalue weighted by Crippen LogP contribution is 2.28. The van der Waals surface area contributed by atoms with Crippen molar-refractivity contribution in [2.45, 2.75) is 46.7 Å². The van der Waals surface area contributed by atoms with Crippen LogP contribution in [0.2, 0.25) is 0 Å². The predicted molar refractivity (Wildman–Crippen MR) is 94.0 cm³/mol. The van der Waals surface area contributed by atoms with Crippen molar-refractivity contribution in [1.29, 1.82) is 0 Å². The molecule has 0 saturated carbocycles. The van der Waals surface area contributed by atoms with E-state index in [1.54, 1.807) is 11.6 Å². The van der Waals surface area contributed by atoms with Crippen molar-refractivity contribution in [2.75, 3.05) is 0 Å². The first-order chi connectivity index (χ1) is 11.3. The van der Waals surface area contributed by atoms with Gasteiger partial charge in [-0.25, -0.2) is 9.78 Å². The van der Waals surface area contributed by atoms with Gasteiger partial charge in [0, 0.05) is 31.4 Å². The third kappa shape index (κ3) is 2.28. The van der Waals surface area contributed by atoms with E-state index >= 15 is 0 Å². The monoisotopic (exact) mass is 325 g/mol. The zero-order chi connectivity index (χ0) is 17.1. The second-order valence-corrected chi connectivity index (χ2v) is 7.86. The lowest BCUT2D eigenvalue weighted by Crippen LogP contribution is -2.27. The fraction of sp³-hybridized carbons (Fsp3) is 0.500. The summed E-state index contributed by atoms with van der Waals surface area (Å²) in [5.74, 6) is 0. The molecule has 0 radical (unpaired) electrons. The molecular formula is C18H23N5O. The van der Waals surface area contributed by atoms with E-state index in [-0.39, 0.29) is 11.1 Å². The molecule has 6 heteroatoms. The summed E-state index contributed by atoms with van der Waals surface area (Å²) in [6.07, 6.45) is 4.07. The molecule has 24 heavy (non-hydrogen) atoms. The van der Waals surface area contributed by atoms with Gasteiger partial charge in [0.25, 0.3) is 0 Å². The summed E-state index contributed by atoms with van der Waals surface area (Å²) in [5.41, 5.74) is 4.89. The number of rotatable bonds is 2. The second-order valence-electron chi connectivity index (χ2n) is 7.86. The number of aromatic nitrogens is 5. The normalized spacial score (nSPS) is 14.5. The fourth-order valence-corrected chi connectivity index (χ4v) is 3.53. The van der Waals surface area contributed by atoms with Crippen molar-refractivity contribution in [3.05, 3.63) is 34.5 Å². The maximum Gasteiger partial charge on any atom is 0.330 e. The van der Waals surface area contributed by atoms with Gasteiger partial charge < -0.3 is 0 Å². The standard InChI is InChI=1S/C18H23N5O/c1-18(2,3)11-22-15-8-7-13(20-16(15)21(4)17(22)24)12-10-19-23-9-5-6-14(12)23/h7-8,10H,5-6,9,11H2,1-4H3. The Morgan fingerprint density at radius 2 is 2.04 bits per heavy atom. The van der Waals surface area contributed by atoms with Gasteiger partial charge in [0.2, 0.25) is 0 Å². The Morgan fingerprint density at radius 3 is 2.79 bits per heavy atom. The second kappa shape index (κ2) is 5.06. The zero-order valence-electron chi connectivity index (χ0n) is 14.7. The van der Waals surface area contributed by atoms with Gasteiger partial charge in [-0.1, -0.05) is 20.8 Å². The van der Waals surface area contributed by atoms with E-state index in [9.17, 15) is 4.79 Å². The molecule has 1 aliphatic heterocycles. The van der Waals surface area contributed by atoms with Gasteiger partial charge in [-0.3, -0.25) is 13.8 Å². The average molecular weight is 325 g/mol. The molecule has 0 bridgehead atoms. The van der Waals surface area contributed by atoms with Crippen LogP contribution in [0.3, 0.4) is 0 Å². The quantitative estimate of drug-likeness (QED) is 0.728. The van der Waals surface area contributed by atoms with E-state index in [2.05, 4.69) is 30.6 Å². The molecule has 0 aromatic carbocycles. The number of aryl methyl sites for hydroxylation is 2. The van der Waals surface area contributed by atoms with Gasteiger partial charge in [-0.2, -0.15) is 5.10 Å². The third-order valence-corrected chi connectivity index (χ3v) is 4.62. The molecular weight excluding hydrogens is 302 g/mol. The third-order valence-electron chi connectivity index (χ3n) is 4.62. The molecule has 4 heterocycles. The fourth-order valence-electron chi connectivity index (χ4n) is 3.53. The first-order valence-corrected chi connectivity index (χ1v) is 8.46. The molecule has 0 amide bonds. The number of imidazole rings is 1. The van der Waals surface area contributed by atoms with Gasteiger partial charge in [-0.15, -0.1) is 0 Å². The van der Waals surface area contributed by atoms with Crippen LogP contribution in [0, 0.1) is 5.41 Å². The smallest absolute Gasteiger partial charge is 0.290 e. The maximum atomic E-state index is 12.6. The number of hydrogen-bond acceptors (Lipinski definition) is 3. The van der Waals surface area contributed by atoms with Crippen molar-refractivity contribution in [3.63, 3.8) is 0 Å². The van der Waals surface area contributed by atoms with Crippen LogP contribution in [-0.2, 0) is 26.6 Å². The van der Waals surface area contributed by atoms with Crippen molar-refractivity contribution < 1.29 is 0 Å². The van der Waals surface area contributed by atoms with Gasteiger partial charge >= 0.3 is 5.69 Å². The van der Waals surface area contributed by atoms with E-state index in [0.29, 0.717) is 6.54 Å². The van der Waals surface area contributed by atoms with Gasteiger partial charge in [0.1, 0.15) is 0 Å². The van der Waals surface area contributed by atoms with E-state index in [0.717, 1.165) is 41.8 Å². The highest BCUT2D eigenvalue weighted by molar-refractivity contribution is 5.76. The molecule has 4 rings (SSSR count). The Bertz CT molecular complexity index is 983. The van der Waals surface area contributed by atoms with Crippen LogP contribution in [0.25, 0.3) is 22.4 Å². The highest BCUT2D eigenvalue weighted by atomic mass is 16.1. The van der Waals surface area contributed by atoms with Crippen molar-refractivity contribution >= 4 is 11.2 Å². The first-order valence-electron chi connectivity index (χ1n) is 8.46. The zero-order valence-corrected chi connectivity index (χ0v) is 14.7. The Balaban J connectivity index is 1.87. The molecule has 0 atom stereocenters. The lowest BCUT2D eigenvalue weighted by Gasteiger charge is -2.18. The Morgan fingerprint density at radius 1 is 1.25 bits per heavy atom. The van der Waals surface area contributed by atoms with E-state index < -0.39 is 0 Å². The predicted octanol–water partition coefficient (Wildman–Crippen LogP) is 2.59. The van der Waals surface area contributed by atoms with E-state index in [1.165, 1.54) is 5.69 Å². The summed E-state index contributed by atoms with van der Waals surface area (Å²) in [6.45, 7) is 8.06. The molecule has 3 aromatic heterocycles. The van der Waals surface area contributed by atoms with Crippen molar-refractivity contribution in [1.82, 2.24) is 23.9 Å². The van der Waals surface area contributed by atoms with Crippen LogP contribution in [0.15, 0.2) is 23.1 Å². The Hall–Kier alpha value is -2.37. The van der Waals surface area contributed by atoms with Crippen molar-refractivity contribution in [2.24, 2.45) is 12.5 Å². The number of hydrogen-bond donors (Lipinski definition) is 0. The summed E-state index contributed by atoms with van der Waals surface area (Å²) in [6, 6.07) is 4.03. The molecule has 0 spiro atoms. The molecule has 3 aromatic rings. The molecule has 0 fully saturated rings. The van der Waals surface area contributed by atoms with E-state index in [4.69, 9.17) is 4.98 Å². The van der Waals surface area contributed by atoms with Gasteiger partial charge in [0.15, 0.2) is 5.65 Å². The summed E-state index contributed by atoms with van der Waals surface area (Å²) >= 11 is 0. The summed E-state index contributed by atoms with van der Waals surface area (Å²) < 4.78 is 5.54. The molecule has 0 aliphatic carbocycles. The van der Waals surface area contributed by atoms with Crippen LogP contribution >= 0.6 is 0 Å². The lowest BCUT2D eigenvalue weighted by molar-refractivity contribution is 0.342. The van der Waals surface area contributed by atoms with Gasteiger partial charge in [-0.05, 0) is 30.4 Å². The largest absolute Gasteiger partial charge is 0.330 e. The summed E-state index contributed by atoms with van der Waals surface area (Å²) in [5, 5.41) is 4.45. The highest BCUT2D eigenvalue weighted by Gasteiger charge is 2.21. The molecule has 1 aliphatic rings. The van der Waals surface area contributed by atoms with Crippen LogP contribution in [-0.4, -0.2) is 23.9 Å². The number of pyridine rings is 1. The van der Waals surface area contributed by atoms with Gasteiger partial charge in [0.05, 0.1) is 17.4 Å². The topological polar surface area (TPSA) is 57.6 Å². The molecule has 0 unspecified atom stereocenters. The molecule has 126 valence electrons. The van der Waals surface area contributed by atoms with E-state index in [1.807, 2.05) is 22.9 Å². The number of nitrogens with zero attached hydrogens (tertiary/aromatic N) is 5. The van der Waals surface area contributed by atoms with Crippen LogP contribution in [0.5, 0.6) is 0 Å². The van der Waals surface area contributed by atoms with Crippen molar-refractivity contribution in [3.8, 4) is 11.3 Å². The van der Waals surface area contributed by atoms with Crippen LogP contribution in [0.1, 0.15) is 32.9 Å². The Labute approximate surface area is 140 Å². The summed E-state index contributed by atoms with van der Waals surface area (Å²) in [4.78, 5) is 17.4. The minimum Gasteiger partial charge on any atom is -0.290 e. The van der Waals surface area contributed by atoms with Crippen LogP contribution < -0.4 is 5.69 Å². The minimum absolute atomic E-state index is 0.00944.